The zero-order valence-electron chi connectivity index (χ0n) is 11.6. The lowest BCUT2D eigenvalue weighted by Gasteiger charge is -2.08. The molecule has 1 heterocycles. The minimum atomic E-state index is -3.05. The number of rotatable bonds is 3. The standard InChI is InChI=1S/C14H18N2O3S/c1-10-5-3-4-6-13(10)11(2)15-16-14(17)12-7-8-20(18,19)9-12/h3-6,12H,7-9H2,1-2H3,(H,16,17)/b15-11-/t12-/m1/s1. The van der Waals surface area contributed by atoms with Crippen molar-refractivity contribution in [1.82, 2.24) is 5.43 Å². The molecule has 108 valence electrons. The van der Waals surface area contributed by atoms with Crippen molar-refractivity contribution < 1.29 is 13.2 Å². The first-order valence-corrected chi connectivity index (χ1v) is 8.32. The van der Waals surface area contributed by atoms with Gasteiger partial charge in [0.2, 0.25) is 5.91 Å². The first-order valence-electron chi connectivity index (χ1n) is 6.49. The van der Waals surface area contributed by atoms with Gasteiger partial charge in [-0.25, -0.2) is 13.8 Å². The monoisotopic (exact) mass is 294 g/mol. The van der Waals surface area contributed by atoms with Gasteiger partial charge in [-0.05, 0) is 25.8 Å². The van der Waals surface area contributed by atoms with Crippen LogP contribution in [0, 0.1) is 12.8 Å². The molecule has 6 heteroatoms. The summed E-state index contributed by atoms with van der Waals surface area (Å²) < 4.78 is 22.7. The molecule has 0 unspecified atom stereocenters. The topological polar surface area (TPSA) is 75.6 Å². The Balaban J connectivity index is 2.03. The number of amides is 1. The molecule has 1 saturated heterocycles. The van der Waals surface area contributed by atoms with Gasteiger partial charge in [-0.3, -0.25) is 4.79 Å². The Hall–Kier alpha value is -1.69. The second kappa shape index (κ2) is 5.75. The van der Waals surface area contributed by atoms with E-state index in [-0.39, 0.29) is 17.4 Å². The van der Waals surface area contributed by atoms with Gasteiger partial charge in [-0.15, -0.1) is 0 Å². The number of hydrogen-bond acceptors (Lipinski definition) is 4. The Kier molecular flexibility index (Phi) is 4.23. The van der Waals surface area contributed by atoms with Gasteiger partial charge >= 0.3 is 0 Å². The van der Waals surface area contributed by atoms with Gasteiger partial charge in [0.25, 0.3) is 0 Å². The summed E-state index contributed by atoms with van der Waals surface area (Å²) in [5, 5.41) is 4.07. The van der Waals surface area contributed by atoms with Gasteiger partial charge in [-0.1, -0.05) is 24.3 Å². The SMILES string of the molecule is C/C(=N/NC(=O)[C@@H]1CCS(=O)(=O)C1)c1ccccc1C. The molecule has 1 aromatic carbocycles. The highest BCUT2D eigenvalue weighted by Gasteiger charge is 2.32. The summed E-state index contributed by atoms with van der Waals surface area (Å²) in [6.07, 6.45) is 0.382. The fourth-order valence-electron chi connectivity index (χ4n) is 2.27. The highest BCUT2D eigenvalue weighted by Crippen LogP contribution is 2.18. The average molecular weight is 294 g/mol. The molecule has 20 heavy (non-hydrogen) atoms. The van der Waals surface area contributed by atoms with Gasteiger partial charge < -0.3 is 0 Å². The Morgan fingerprint density at radius 1 is 1.35 bits per heavy atom. The van der Waals surface area contributed by atoms with Gasteiger partial charge in [0.15, 0.2) is 9.84 Å². The van der Waals surface area contributed by atoms with Crippen LogP contribution in [0.3, 0.4) is 0 Å². The van der Waals surface area contributed by atoms with Crippen LogP contribution in [-0.4, -0.2) is 31.5 Å². The van der Waals surface area contributed by atoms with Crippen molar-refractivity contribution in [2.24, 2.45) is 11.0 Å². The number of sulfone groups is 1. The van der Waals surface area contributed by atoms with Crippen LogP contribution in [0.5, 0.6) is 0 Å². The highest BCUT2D eigenvalue weighted by atomic mass is 32.2. The molecule has 1 aliphatic rings. The van der Waals surface area contributed by atoms with Crippen molar-refractivity contribution >= 4 is 21.5 Å². The minimum Gasteiger partial charge on any atom is -0.273 e. The average Bonchev–Trinajstić information content (AvgIpc) is 2.76. The molecule has 1 fully saturated rings. The number of nitrogens with one attached hydrogen (secondary N) is 1. The molecule has 0 saturated carbocycles. The molecular weight excluding hydrogens is 276 g/mol. The molecule has 0 aromatic heterocycles. The third kappa shape index (κ3) is 3.45. The predicted octanol–water partition coefficient (Wildman–Crippen LogP) is 1.27. The minimum absolute atomic E-state index is 0.0717. The normalized spacial score (nSPS) is 21.7. The van der Waals surface area contributed by atoms with E-state index in [2.05, 4.69) is 10.5 Å². The number of aryl methyl sites for hydroxylation is 1. The smallest absolute Gasteiger partial charge is 0.244 e. The molecule has 1 N–H and O–H groups in total. The second-order valence-corrected chi connectivity index (χ2v) is 7.32. The Bertz CT molecular complexity index is 650. The quantitative estimate of drug-likeness (QED) is 0.674. The molecule has 0 bridgehead atoms. The van der Waals surface area contributed by atoms with Crippen molar-refractivity contribution in [2.45, 2.75) is 20.3 Å². The van der Waals surface area contributed by atoms with Crippen molar-refractivity contribution in [3.8, 4) is 0 Å². The van der Waals surface area contributed by atoms with E-state index in [1.54, 1.807) is 0 Å². The summed E-state index contributed by atoms with van der Waals surface area (Å²) in [7, 11) is -3.05. The Morgan fingerprint density at radius 2 is 2.05 bits per heavy atom. The van der Waals surface area contributed by atoms with Gasteiger partial charge in [0.05, 0.1) is 23.1 Å². The van der Waals surface area contributed by atoms with Crippen LogP contribution in [-0.2, 0) is 14.6 Å². The highest BCUT2D eigenvalue weighted by molar-refractivity contribution is 7.91. The maximum absolute atomic E-state index is 11.9. The van der Waals surface area contributed by atoms with Gasteiger partial charge in [-0.2, -0.15) is 5.10 Å². The molecule has 2 rings (SSSR count). The third-order valence-electron chi connectivity index (χ3n) is 3.47. The molecular formula is C14H18N2O3S. The van der Waals surface area contributed by atoms with Crippen LogP contribution in [0.2, 0.25) is 0 Å². The van der Waals surface area contributed by atoms with Crippen LogP contribution in [0.1, 0.15) is 24.5 Å². The molecule has 1 amide bonds. The summed E-state index contributed by atoms with van der Waals surface area (Å²) in [5.74, 6) is -0.781. The Morgan fingerprint density at radius 3 is 2.65 bits per heavy atom. The van der Waals surface area contributed by atoms with Crippen molar-refractivity contribution in [1.29, 1.82) is 0 Å². The molecule has 1 atom stereocenters. The van der Waals surface area contributed by atoms with E-state index in [1.807, 2.05) is 38.1 Å². The zero-order valence-corrected chi connectivity index (χ0v) is 12.4. The maximum Gasteiger partial charge on any atom is 0.244 e. The van der Waals surface area contributed by atoms with Gasteiger partial charge in [0, 0.05) is 5.56 Å². The van der Waals surface area contributed by atoms with E-state index >= 15 is 0 Å². The number of benzene rings is 1. The second-order valence-electron chi connectivity index (χ2n) is 5.09. The number of hydrazone groups is 1. The molecule has 5 nitrogen and oxygen atoms in total. The van der Waals surface area contributed by atoms with Crippen LogP contribution in [0.15, 0.2) is 29.4 Å². The van der Waals surface area contributed by atoms with Crippen LogP contribution in [0.4, 0.5) is 0 Å². The Labute approximate surface area is 119 Å². The number of hydrogen-bond donors (Lipinski definition) is 1. The van der Waals surface area contributed by atoms with E-state index in [1.165, 1.54) is 0 Å². The molecule has 1 aliphatic heterocycles. The van der Waals surface area contributed by atoms with E-state index in [0.717, 1.165) is 11.1 Å². The summed E-state index contributed by atoms with van der Waals surface area (Å²) in [6, 6.07) is 7.75. The lowest BCUT2D eigenvalue weighted by Crippen LogP contribution is -2.28. The summed E-state index contributed by atoms with van der Waals surface area (Å²) in [5.41, 5.74) is 5.22. The summed E-state index contributed by atoms with van der Waals surface area (Å²) in [4.78, 5) is 11.9. The lowest BCUT2D eigenvalue weighted by molar-refractivity contribution is -0.124. The van der Waals surface area contributed by atoms with Crippen molar-refractivity contribution in [3.05, 3.63) is 35.4 Å². The van der Waals surface area contributed by atoms with Crippen LogP contribution in [0.25, 0.3) is 0 Å². The van der Waals surface area contributed by atoms with Gasteiger partial charge in [0.1, 0.15) is 0 Å². The molecule has 0 spiro atoms. The van der Waals surface area contributed by atoms with Crippen LogP contribution >= 0.6 is 0 Å². The zero-order chi connectivity index (χ0) is 14.8. The molecule has 0 aliphatic carbocycles. The van der Waals surface area contributed by atoms with E-state index < -0.39 is 15.8 Å². The van der Waals surface area contributed by atoms with Crippen molar-refractivity contribution in [3.63, 3.8) is 0 Å². The third-order valence-corrected chi connectivity index (χ3v) is 5.24. The fourth-order valence-corrected chi connectivity index (χ4v) is 4.01. The van der Waals surface area contributed by atoms with E-state index in [0.29, 0.717) is 12.1 Å². The molecule has 1 aromatic rings. The first kappa shape index (κ1) is 14.7. The van der Waals surface area contributed by atoms with E-state index in [4.69, 9.17) is 0 Å². The summed E-state index contributed by atoms with van der Waals surface area (Å²) in [6.45, 7) is 3.79. The van der Waals surface area contributed by atoms with E-state index in [9.17, 15) is 13.2 Å². The maximum atomic E-state index is 11.9. The fraction of sp³-hybridized carbons (Fsp3) is 0.429. The molecule has 0 radical (unpaired) electrons. The predicted molar refractivity (Wildman–Crippen MR) is 78.3 cm³/mol. The number of carbonyl (C=O) groups excluding carboxylic acids is 1. The van der Waals surface area contributed by atoms with Crippen LogP contribution < -0.4 is 5.43 Å². The number of carbonyl (C=O) groups is 1. The summed E-state index contributed by atoms with van der Waals surface area (Å²) >= 11 is 0. The van der Waals surface area contributed by atoms with Crippen molar-refractivity contribution in [2.75, 3.05) is 11.5 Å². The lowest BCUT2D eigenvalue weighted by atomic mass is 10.1. The first-order chi connectivity index (χ1) is 9.39. The number of nitrogens with zero attached hydrogens (tertiary/aromatic N) is 1. The largest absolute Gasteiger partial charge is 0.273 e.